The van der Waals surface area contributed by atoms with Crippen LogP contribution in [0, 0.1) is 11.8 Å². The molecule has 1 aliphatic carbocycles. The molecule has 2 atom stereocenters. The van der Waals surface area contributed by atoms with Crippen molar-refractivity contribution in [3.63, 3.8) is 0 Å². The van der Waals surface area contributed by atoms with Crippen molar-refractivity contribution in [2.45, 2.75) is 98.5 Å². The van der Waals surface area contributed by atoms with Crippen LogP contribution in [-0.2, 0) is 22.9 Å². The average molecular weight is 627 g/mol. The highest BCUT2D eigenvalue weighted by molar-refractivity contribution is 5.67. The molecule has 0 saturated carbocycles. The molecule has 2 aromatic rings. The summed E-state index contributed by atoms with van der Waals surface area (Å²) in [5, 5.41) is 10.0. The molecule has 2 heterocycles. The third kappa shape index (κ3) is 15.6. The second-order valence-corrected chi connectivity index (χ2v) is 12.3. The number of ether oxygens (including phenoxy) is 2. The summed E-state index contributed by atoms with van der Waals surface area (Å²) < 4.78 is 11.9. The molecule has 2 unspecified atom stereocenters. The van der Waals surface area contributed by atoms with Crippen molar-refractivity contribution < 1.29 is 14.7 Å². The van der Waals surface area contributed by atoms with Crippen LogP contribution in [0.2, 0.25) is 0 Å². The fourth-order valence-electron chi connectivity index (χ4n) is 5.63. The van der Waals surface area contributed by atoms with Crippen molar-refractivity contribution in [1.29, 1.82) is 0 Å². The smallest absolute Gasteiger partial charge is 0.205 e. The lowest BCUT2D eigenvalue weighted by molar-refractivity contribution is -0.0766. The number of piperidine rings is 1. The molecule has 7 heteroatoms. The molecule has 7 nitrogen and oxygen atoms in total. The minimum Gasteiger partial charge on any atom is -0.388 e. The Labute approximate surface area is 276 Å². The van der Waals surface area contributed by atoms with Gasteiger partial charge in [-0.05, 0) is 86.8 Å². The molecule has 256 valence electrons. The first-order valence-corrected chi connectivity index (χ1v) is 17.3. The maximum absolute atomic E-state index is 8.84. The van der Waals surface area contributed by atoms with E-state index in [1.165, 1.54) is 79.1 Å². The Morgan fingerprint density at radius 1 is 1.09 bits per heavy atom. The lowest BCUT2D eigenvalue weighted by Gasteiger charge is -2.32. The Balaban J connectivity index is 0.000000329. The van der Waals surface area contributed by atoms with Crippen LogP contribution in [0.4, 0.5) is 5.95 Å². The minimum absolute atomic E-state index is 0.301. The van der Waals surface area contributed by atoms with Crippen LogP contribution in [0.25, 0.3) is 11.6 Å². The van der Waals surface area contributed by atoms with E-state index in [0.29, 0.717) is 12.6 Å². The summed E-state index contributed by atoms with van der Waals surface area (Å²) >= 11 is 0. The van der Waals surface area contributed by atoms with E-state index in [1.54, 1.807) is 21.3 Å². The Bertz CT molecular complexity index is 1060. The summed E-state index contributed by atoms with van der Waals surface area (Å²) in [6.45, 7) is 18.5. The molecule has 0 amide bonds. The van der Waals surface area contributed by atoms with Gasteiger partial charge < -0.3 is 24.1 Å². The Morgan fingerprint density at radius 3 is 2.18 bits per heavy atom. The van der Waals surface area contributed by atoms with Crippen LogP contribution in [0.3, 0.4) is 0 Å². The molecule has 45 heavy (non-hydrogen) atoms. The average Bonchev–Trinajstić information content (AvgIpc) is 3.44. The van der Waals surface area contributed by atoms with Gasteiger partial charge in [-0.1, -0.05) is 77.1 Å². The van der Waals surface area contributed by atoms with Gasteiger partial charge in [0.25, 0.3) is 0 Å². The SMILES string of the molecule is C=Cc1ccc(C2=CCC(C)CC2)cc1.CCOC(CC)CCN(C)O.CCc1cnc(N2CCC(CC)CC2)n1C.COC. The van der Waals surface area contributed by atoms with E-state index in [-0.39, 0.29) is 0 Å². The Kier molecular flexibility index (Phi) is 21.5. The van der Waals surface area contributed by atoms with Crippen LogP contribution in [0.15, 0.2) is 43.1 Å². The van der Waals surface area contributed by atoms with Crippen LogP contribution in [0.5, 0.6) is 0 Å². The molecular formula is C38H66N4O3. The molecule has 0 radical (unpaired) electrons. The van der Waals surface area contributed by atoms with Gasteiger partial charge in [0.05, 0.1) is 12.3 Å². The third-order valence-electron chi connectivity index (χ3n) is 8.72. The van der Waals surface area contributed by atoms with Crippen LogP contribution in [-0.4, -0.2) is 73.4 Å². The number of benzene rings is 1. The summed E-state index contributed by atoms with van der Waals surface area (Å²) in [4.78, 5) is 6.99. The number of anilines is 1. The lowest BCUT2D eigenvalue weighted by atomic mass is 9.87. The van der Waals surface area contributed by atoms with Crippen molar-refractivity contribution in [2.75, 3.05) is 52.4 Å². The number of methoxy groups -OCH3 is 1. The van der Waals surface area contributed by atoms with Crippen molar-refractivity contribution in [3.05, 3.63) is 59.9 Å². The second-order valence-electron chi connectivity index (χ2n) is 12.3. The van der Waals surface area contributed by atoms with E-state index in [0.717, 1.165) is 43.7 Å². The van der Waals surface area contributed by atoms with Gasteiger partial charge in [-0.25, -0.2) is 4.98 Å². The summed E-state index contributed by atoms with van der Waals surface area (Å²) in [5.41, 5.74) is 5.42. The predicted octanol–water partition coefficient (Wildman–Crippen LogP) is 8.92. The minimum atomic E-state index is 0.301. The van der Waals surface area contributed by atoms with Crippen molar-refractivity contribution in [1.82, 2.24) is 14.6 Å². The largest absolute Gasteiger partial charge is 0.388 e. The number of rotatable bonds is 11. The maximum Gasteiger partial charge on any atom is 0.205 e. The van der Waals surface area contributed by atoms with E-state index in [1.807, 2.05) is 19.2 Å². The normalized spacial score (nSPS) is 17.2. The first-order valence-electron chi connectivity index (χ1n) is 17.3. The van der Waals surface area contributed by atoms with Crippen LogP contribution in [0.1, 0.15) is 103 Å². The Hall–Kier alpha value is -2.45. The number of nitrogens with zero attached hydrogens (tertiary/aromatic N) is 4. The zero-order valence-electron chi connectivity index (χ0n) is 30.2. The van der Waals surface area contributed by atoms with E-state index in [2.05, 4.69) is 90.9 Å². The molecule has 4 rings (SSSR count). The fraction of sp³-hybridized carbons (Fsp3) is 0.658. The summed E-state index contributed by atoms with van der Waals surface area (Å²) in [6.07, 6.45) is 17.4. The van der Waals surface area contributed by atoms with E-state index >= 15 is 0 Å². The third-order valence-corrected chi connectivity index (χ3v) is 8.72. The molecule has 1 N–H and O–H groups in total. The van der Waals surface area contributed by atoms with Gasteiger partial charge in [-0.15, -0.1) is 0 Å². The summed E-state index contributed by atoms with van der Waals surface area (Å²) in [5.74, 6) is 2.95. The van der Waals surface area contributed by atoms with Crippen molar-refractivity contribution in [3.8, 4) is 0 Å². The van der Waals surface area contributed by atoms with Gasteiger partial charge in [0.15, 0.2) is 0 Å². The van der Waals surface area contributed by atoms with E-state index in [4.69, 9.17) is 9.94 Å². The molecule has 0 spiro atoms. The number of hydrogen-bond acceptors (Lipinski definition) is 6. The van der Waals surface area contributed by atoms with Crippen molar-refractivity contribution >= 4 is 17.6 Å². The standard InChI is InChI=1S/C15H18.C13H23N3.C8H19NO2.C2H6O/c1-3-13-6-10-15(11-7-13)14-8-4-12(2)5-9-14;1-4-11-6-8-16(9-7-11)13-14-10-12(5-2)15(13)3;1-4-8(11-5-2)6-7-9(3)10;1-3-2/h3,6-8,10-12H,1,4-5,9H2,2H3;10-11H,4-9H2,1-3H3;8,10H,4-7H2,1-3H3;1-2H3. The van der Waals surface area contributed by atoms with Gasteiger partial charge in [-0.2, -0.15) is 5.06 Å². The summed E-state index contributed by atoms with van der Waals surface area (Å²) in [6, 6.07) is 8.69. The molecule has 1 fully saturated rings. The van der Waals surface area contributed by atoms with Gasteiger partial charge in [0, 0.05) is 60.3 Å². The van der Waals surface area contributed by atoms with Gasteiger partial charge in [0.1, 0.15) is 0 Å². The number of imidazole rings is 1. The topological polar surface area (TPSA) is 63.0 Å². The Morgan fingerprint density at radius 2 is 1.73 bits per heavy atom. The molecular weight excluding hydrogens is 560 g/mol. The number of aryl methyl sites for hydroxylation is 1. The van der Waals surface area contributed by atoms with Crippen LogP contribution < -0.4 is 4.90 Å². The molecule has 1 aromatic carbocycles. The fourth-order valence-corrected chi connectivity index (χ4v) is 5.63. The lowest BCUT2D eigenvalue weighted by Crippen LogP contribution is -2.35. The molecule has 1 aromatic heterocycles. The maximum atomic E-state index is 8.84. The zero-order valence-corrected chi connectivity index (χ0v) is 30.2. The second kappa shape index (κ2) is 23.8. The van der Waals surface area contributed by atoms with Crippen molar-refractivity contribution in [2.24, 2.45) is 18.9 Å². The first-order chi connectivity index (χ1) is 21.7. The van der Waals surface area contributed by atoms with E-state index < -0.39 is 0 Å². The highest BCUT2D eigenvalue weighted by Gasteiger charge is 2.21. The van der Waals surface area contributed by atoms with Gasteiger partial charge >= 0.3 is 0 Å². The van der Waals surface area contributed by atoms with E-state index in [9.17, 15) is 0 Å². The summed E-state index contributed by atoms with van der Waals surface area (Å²) in [7, 11) is 7.03. The molecule has 1 saturated heterocycles. The highest BCUT2D eigenvalue weighted by atomic mass is 16.5. The number of hydrogen-bond donors (Lipinski definition) is 1. The number of allylic oxidation sites excluding steroid dienone is 2. The molecule has 0 bridgehead atoms. The number of aromatic nitrogens is 2. The monoisotopic (exact) mass is 627 g/mol. The number of hydroxylamine groups is 2. The van der Waals surface area contributed by atoms with Gasteiger partial charge in [0.2, 0.25) is 5.95 Å². The van der Waals surface area contributed by atoms with Crippen LogP contribution >= 0.6 is 0 Å². The zero-order chi connectivity index (χ0) is 33.6. The highest BCUT2D eigenvalue weighted by Crippen LogP contribution is 2.30. The quantitative estimate of drug-likeness (QED) is 0.251. The molecule has 2 aliphatic rings. The molecule has 1 aliphatic heterocycles. The first kappa shape index (κ1) is 40.6. The van der Waals surface area contributed by atoms with Gasteiger partial charge in [-0.3, -0.25) is 0 Å². The predicted molar refractivity (Wildman–Crippen MR) is 193 cm³/mol.